The lowest BCUT2D eigenvalue weighted by Crippen LogP contribution is -2.51. The summed E-state index contributed by atoms with van der Waals surface area (Å²) in [5.41, 5.74) is -0.740. The molecule has 4 nitrogen and oxygen atoms in total. The molecule has 1 aliphatic rings. The summed E-state index contributed by atoms with van der Waals surface area (Å²) in [4.78, 5) is 13.7. The molecule has 1 aliphatic heterocycles. The van der Waals surface area contributed by atoms with Crippen molar-refractivity contribution < 1.29 is 14.3 Å². The van der Waals surface area contributed by atoms with Gasteiger partial charge in [-0.2, -0.15) is 0 Å². The van der Waals surface area contributed by atoms with Crippen molar-refractivity contribution in [3.8, 4) is 0 Å². The van der Waals surface area contributed by atoms with Crippen LogP contribution in [0.15, 0.2) is 12.7 Å². The van der Waals surface area contributed by atoms with Gasteiger partial charge in [0.05, 0.1) is 18.8 Å². The summed E-state index contributed by atoms with van der Waals surface area (Å²) < 4.78 is 11.1. The zero-order valence-electron chi connectivity index (χ0n) is 12.0. The lowest BCUT2D eigenvalue weighted by atomic mass is 9.95. The lowest BCUT2D eigenvalue weighted by molar-refractivity contribution is -0.0700. The second-order valence-corrected chi connectivity index (χ2v) is 6.06. The van der Waals surface area contributed by atoms with Crippen molar-refractivity contribution in [1.82, 2.24) is 4.90 Å². The fraction of sp³-hybridized carbons (Fsp3) is 0.786. The van der Waals surface area contributed by atoms with Gasteiger partial charge in [-0.05, 0) is 40.5 Å². The van der Waals surface area contributed by atoms with E-state index in [0.717, 1.165) is 19.4 Å². The number of amides is 1. The first-order valence-corrected chi connectivity index (χ1v) is 6.48. The molecule has 0 aromatic heterocycles. The van der Waals surface area contributed by atoms with Crippen LogP contribution in [0.4, 0.5) is 4.79 Å². The van der Waals surface area contributed by atoms with Gasteiger partial charge in [0.15, 0.2) is 0 Å². The highest BCUT2D eigenvalue weighted by molar-refractivity contribution is 5.68. The standard InChI is InChI=1S/C14H25NO3/c1-6-10-17-14(5)8-7-9-15(11-14)12(16)18-13(2,3)4/h6H,1,7-11H2,2-5H3. The van der Waals surface area contributed by atoms with Crippen molar-refractivity contribution in [3.63, 3.8) is 0 Å². The molecule has 0 aliphatic carbocycles. The van der Waals surface area contributed by atoms with Gasteiger partial charge in [0, 0.05) is 6.54 Å². The van der Waals surface area contributed by atoms with Crippen LogP contribution >= 0.6 is 0 Å². The Hall–Kier alpha value is -1.03. The van der Waals surface area contributed by atoms with Gasteiger partial charge in [0.1, 0.15) is 5.60 Å². The summed E-state index contributed by atoms with van der Waals surface area (Å²) in [5, 5.41) is 0. The number of piperidine rings is 1. The summed E-state index contributed by atoms with van der Waals surface area (Å²) in [7, 11) is 0. The smallest absolute Gasteiger partial charge is 0.410 e. The maximum Gasteiger partial charge on any atom is 0.410 e. The number of carbonyl (C=O) groups excluding carboxylic acids is 1. The van der Waals surface area contributed by atoms with Crippen molar-refractivity contribution in [2.45, 2.75) is 51.7 Å². The summed E-state index contributed by atoms with van der Waals surface area (Å²) in [6, 6.07) is 0. The SMILES string of the molecule is C=CCOC1(C)CCCN(C(=O)OC(C)(C)C)C1. The third-order valence-electron chi connectivity index (χ3n) is 2.86. The summed E-state index contributed by atoms with van der Waals surface area (Å²) in [5.74, 6) is 0. The van der Waals surface area contributed by atoms with Crippen LogP contribution in [0.2, 0.25) is 0 Å². The molecular formula is C14H25NO3. The molecule has 1 atom stereocenters. The molecule has 1 rings (SSSR count). The molecular weight excluding hydrogens is 230 g/mol. The van der Waals surface area contributed by atoms with Crippen molar-refractivity contribution in [3.05, 3.63) is 12.7 Å². The molecule has 0 bridgehead atoms. The van der Waals surface area contributed by atoms with Crippen LogP contribution in [0.5, 0.6) is 0 Å². The number of nitrogens with zero attached hydrogens (tertiary/aromatic N) is 1. The number of hydrogen-bond donors (Lipinski definition) is 0. The zero-order valence-corrected chi connectivity index (χ0v) is 12.0. The van der Waals surface area contributed by atoms with Crippen LogP contribution in [0.3, 0.4) is 0 Å². The Kier molecular flexibility index (Phi) is 4.79. The summed E-state index contributed by atoms with van der Waals surface area (Å²) in [6.07, 6.45) is 3.38. The minimum Gasteiger partial charge on any atom is -0.444 e. The van der Waals surface area contributed by atoms with E-state index in [1.54, 1.807) is 11.0 Å². The Morgan fingerprint density at radius 2 is 2.17 bits per heavy atom. The van der Waals surface area contributed by atoms with Crippen molar-refractivity contribution in [2.24, 2.45) is 0 Å². The average Bonchev–Trinajstić information content (AvgIpc) is 2.24. The minimum atomic E-state index is -0.451. The largest absolute Gasteiger partial charge is 0.444 e. The van der Waals surface area contributed by atoms with Gasteiger partial charge >= 0.3 is 6.09 Å². The molecule has 104 valence electrons. The predicted octanol–water partition coefficient (Wildman–Crippen LogP) is 2.98. The first-order valence-electron chi connectivity index (χ1n) is 6.48. The van der Waals surface area contributed by atoms with Crippen molar-refractivity contribution in [1.29, 1.82) is 0 Å². The Bertz CT molecular complexity index is 309. The molecule has 0 aromatic carbocycles. The van der Waals surface area contributed by atoms with Gasteiger partial charge in [-0.3, -0.25) is 0 Å². The molecule has 1 unspecified atom stereocenters. The first kappa shape index (κ1) is 15.0. The molecule has 1 saturated heterocycles. The maximum atomic E-state index is 12.0. The normalized spacial score (nSPS) is 24.8. The molecule has 0 N–H and O–H groups in total. The Balaban J connectivity index is 2.57. The van der Waals surface area contributed by atoms with E-state index >= 15 is 0 Å². The van der Waals surface area contributed by atoms with E-state index in [-0.39, 0.29) is 11.7 Å². The Morgan fingerprint density at radius 3 is 2.72 bits per heavy atom. The fourth-order valence-corrected chi connectivity index (χ4v) is 2.07. The molecule has 0 spiro atoms. The molecule has 0 saturated carbocycles. The van der Waals surface area contributed by atoms with Gasteiger partial charge < -0.3 is 14.4 Å². The summed E-state index contributed by atoms with van der Waals surface area (Å²) >= 11 is 0. The van der Waals surface area contributed by atoms with E-state index in [1.165, 1.54) is 0 Å². The van der Waals surface area contributed by atoms with E-state index in [2.05, 4.69) is 6.58 Å². The lowest BCUT2D eigenvalue weighted by Gasteiger charge is -2.40. The minimum absolute atomic E-state index is 0.254. The van der Waals surface area contributed by atoms with E-state index in [1.807, 2.05) is 27.7 Å². The molecule has 4 heteroatoms. The molecule has 0 aromatic rings. The Labute approximate surface area is 110 Å². The second-order valence-electron chi connectivity index (χ2n) is 6.06. The highest BCUT2D eigenvalue weighted by atomic mass is 16.6. The molecule has 1 fully saturated rings. The predicted molar refractivity (Wildman–Crippen MR) is 71.6 cm³/mol. The third kappa shape index (κ3) is 4.69. The van der Waals surface area contributed by atoms with Crippen molar-refractivity contribution >= 4 is 6.09 Å². The number of carbonyl (C=O) groups is 1. The van der Waals surface area contributed by atoms with Crippen molar-refractivity contribution in [2.75, 3.05) is 19.7 Å². The van der Waals surface area contributed by atoms with Crippen LogP contribution < -0.4 is 0 Å². The van der Waals surface area contributed by atoms with Gasteiger partial charge in [0.2, 0.25) is 0 Å². The molecule has 1 heterocycles. The average molecular weight is 255 g/mol. The zero-order chi connectivity index (χ0) is 13.8. The highest BCUT2D eigenvalue weighted by Crippen LogP contribution is 2.25. The van der Waals surface area contributed by atoms with Crippen LogP contribution in [-0.4, -0.2) is 41.9 Å². The number of ether oxygens (including phenoxy) is 2. The second kappa shape index (κ2) is 5.74. The van der Waals surface area contributed by atoms with Gasteiger partial charge in [-0.15, -0.1) is 6.58 Å². The van der Waals surface area contributed by atoms with E-state index < -0.39 is 5.60 Å². The molecule has 18 heavy (non-hydrogen) atoms. The van der Waals surface area contributed by atoms with E-state index in [9.17, 15) is 4.79 Å². The van der Waals surface area contributed by atoms with Gasteiger partial charge in [-0.1, -0.05) is 6.08 Å². The summed E-state index contributed by atoms with van der Waals surface area (Å²) in [6.45, 7) is 13.1. The Morgan fingerprint density at radius 1 is 1.50 bits per heavy atom. The quantitative estimate of drug-likeness (QED) is 0.728. The topological polar surface area (TPSA) is 38.8 Å². The van der Waals surface area contributed by atoms with Crippen LogP contribution in [-0.2, 0) is 9.47 Å². The fourth-order valence-electron chi connectivity index (χ4n) is 2.07. The number of rotatable bonds is 3. The van der Waals surface area contributed by atoms with E-state index in [0.29, 0.717) is 13.2 Å². The number of hydrogen-bond acceptors (Lipinski definition) is 3. The molecule has 1 amide bonds. The van der Waals surface area contributed by atoms with Crippen LogP contribution in [0.25, 0.3) is 0 Å². The third-order valence-corrected chi connectivity index (χ3v) is 2.86. The maximum absolute atomic E-state index is 12.0. The van der Waals surface area contributed by atoms with Gasteiger partial charge in [-0.25, -0.2) is 4.79 Å². The van der Waals surface area contributed by atoms with E-state index in [4.69, 9.17) is 9.47 Å². The van der Waals surface area contributed by atoms with Gasteiger partial charge in [0.25, 0.3) is 0 Å². The van der Waals surface area contributed by atoms with Crippen LogP contribution in [0, 0.1) is 0 Å². The number of likely N-dealkylation sites (tertiary alicyclic amines) is 1. The highest BCUT2D eigenvalue weighted by Gasteiger charge is 2.35. The first-order chi connectivity index (χ1) is 8.26. The molecule has 0 radical (unpaired) electrons. The monoisotopic (exact) mass is 255 g/mol. The van der Waals surface area contributed by atoms with Crippen LogP contribution in [0.1, 0.15) is 40.5 Å².